The molecule has 1 unspecified atom stereocenters. The highest BCUT2D eigenvalue weighted by molar-refractivity contribution is 8.03. The van der Waals surface area contributed by atoms with E-state index in [-0.39, 0.29) is 12.5 Å². The van der Waals surface area contributed by atoms with E-state index in [1.165, 1.54) is 37.9 Å². The minimum atomic E-state index is -0.695. The van der Waals surface area contributed by atoms with Gasteiger partial charge in [0.1, 0.15) is 0 Å². The van der Waals surface area contributed by atoms with E-state index in [2.05, 4.69) is 18.7 Å². The summed E-state index contributed by atoms with van der Waals surface area (Å²) in [5.74, 6) is 1.59. The van der Waals surface area contributed by atoms with Crippen LogP contribution in [0.15, 0.2) is 0 Å². The fourth-order valence-electron chi connectivity index (χ4n) is 3.02. The lowest BCUT2D eigenvalue weighted by Gasteiger charge is -2.21. The third-order valence-corrected chi connectivity index (χ3v) is 7.62. The predicted molar refractivity (Wildman–Crippen MR) is 103 cm³/mol. The van der Waals surface area contributed by atoms with Crippen LogP contribution >= 0.6 is 23.5 Å². The van der Waals surface area contributed by atoms with Gasteiger partial charge in [-0.25, -0.2) is 0 Å². The summed E-state index contributed by atoms with van der Waals surface area (Å²) in [6.07, 6.45) is 11.7. The van der Waals surface area contributed by atoms with Gasteiger partial charge in [-0.15, -0.1) is 0 Å². The molecule has 0 aromatic heterocycles. The second kappa shape index (κ2) is 13.4. The van der Waals surface area contributed by atoms with Crippen LogP contribution < -0.4 is 0 Å². The molecule has 0 amide bonds. The van der Waals surface area contributed by atoms with Crippen LogP contribution in [0.1, 0.15) is 77.6 Å². The van der Waals surface area contributed by atoms with Gasteiger partial charge in [0.15, 0.2) is 0 Å². The van der Waals surface area contributed by atoms with Crippen molar-refractivity contribution in [3.8, 4) is 0 Å². The van der Waals surface area contributed by atoms with Gasteiger partial charge >= 0.3 is 5.97 Å². The quantitative estimate of drug-likeness (QED) is 0.428. The second-order valence-corrected chi connectivity index (χ2v) is 9.14. The first-order valence-corrected chi connectivity index (χ1v) is 11.4. The largest absolute Gasteiger partial charge is 0.481 e. The zero-order chi connectivity index (χ0) is 16.9. The molecule has 2 N–H and O–H groups in total. The molecule has 0 bridgehead atoms. The highest BCUT2D eigenvalue weighted by atomic mass is 32.2. The van der Waals surface area contributed by atoms with Gasteiger partial charge in [-0.2, -0.15) is 23.5 Å². The van der Waals surface area contributed by atoms with Crippen molar-refractivity contribution < 1.29 is 15.0 Å². The van der Waals surface area contributed by atoms with Crippen molar-refractivity contribution in [3.63, 3.8) is 0 Å². The molecule has 0 aromatic carbocycles. The van der Waals surface area contributed by atoms with Crippen molar-refractivity contribution in [1.82, 2.24) is 0 Å². The maximum Gasteiger partial charge on any atom is 0.303 e. The van der Waals surface area contributed by atoms with E-state index < -0.39 is 5.97 Å². The number of carbonyl (C=O) groups is 1. The van der Waals surface area contributed by atoms with Crippen LogP contribution in [0, 0.1) is 0 Å². The van der Waals surface area contributed by atoms with E-state index in [1.54, 1.807) is 0 Å². The standard InChI is InChI=1S/C18H34O3S2/c1-2-3-4-5-8-13-22-16-12-11-15(19)18(16)23-14-9-6-7-10-17(20)21/h15-16,18-19H,2-14H2,1H3,(H,20,21)/t15?,16-,18-/m0/s1. The number of hydrogen-bond donors (Lipinski definition) is 2. The molecule has 0 radical (unpaired) electrons. The predicted octanol–water partition coefficient (Wildman–Crippen LogP) is 4.96. The molecule has 0 spiro atoms. The van der Waals surface area contributed by atoms with Crippen molar-refractivity contribution in [2.75, 3.05) is 11.5 Å². The van der Waals surface area contributed by atoms with Gasteiger partial charge in [0.2, 0.25) is 0 Å². The molecule has 5 heteroatoms. The molecule has 1 saturated carbocycles. The minimum absolute atomic E-state index is 0.142. The lowest BCUT2D eigenvalue weighted by molar-refractivity contribution is -0.137. The third kappa shape index (κ3) is 9.88. The SMILES string of the molecule is CCCCCCCS[C@H]1CCC(O)[C@@H]1SCCCCCC(=O)O. The Bertz CT molecular complexity index is 313. The first kappa shape index (κ1) is 21.2. The first-order chi connectivity index (χ1) is 11.1. The highest BCUT2D eigenvalue weighted by Gasteiger charge is 2.35. The molecule has 0 aromatic rings. The van der Waals surface area contributed by atoms with Crippen LogP contribution in [0.25, 0.3) is 0 Å². The molecular weight excluding hydrogens is 328 g/mol. The van der Waals surface area contributed by atoms with Gasteiger partial charge in [0.05, 0.1) is 6.10 Å². The molecule has 136 valence electrons. The van der Waals surface area contributed by atoms with Crippen LogP contribution in [-0.4, -0.2) is 44.3 Å². The number of aliphatic carboxylic acids is 1. The molecule has 0 saturated heterocycles. The molecule has 0 aliphatic heterocycles. The van der Waals surface area contributed by atoms with Gasteiger partial charge in [-0.1, -0.05) is 39.0 Å². The number of carboxylic acid groups (broad SMARTS) is 1. The average Bonchev–Trinajstić information content (AvgIpc) is 2.86. The van der Waals surface area contributed by atoms with E-state index in [9.17, 15) is 9.90 Å². The summed E-state index contributed by atoms with van der Waals surface area (Å²) in [4.78, 5) is 10.5. The van der Waals surface area contributed by atoms with Crippen molar-refractivity contribution in [3.05, 3.63) is 0 Å². The van der Waals surface area contributed by atoms with Gasteiger partial charge in [0, 0.05) is 16.9 Å². The van der Waals surface area contributed by atoms with Crippen molar-refractivity contribution in [1.29, 1.82) is 0 Å². The number of hydrogen-bond acceptors (Lipinski definition) is 4. The second-order valence-electron chi connectivity index (χ2n) is 6.51. The topological polar surface area (TPSA) is 57.5 Å². The van der Waals surface area contributed by atoms with Crippen molar-refractivity contribution in [2.45, 2.75) is 94.2 Å². The number of unbranched alkanes of at least 4 members (excludes halogenated alkanes) is 6. The summed E-state index contributed by atoms with van der Waals surface area (Å²) < 4.78 is 0. The number of thioether (sulfide) groups is 2. The molecule has 3 atom stereocenters. The summed E-state index contributed by atoms with van der Waals surface area (Å²) in [6.45, 7) is 2.25. The molecule has 3 nitrogen and oxygen atoms in total. The normalized spacial score (nSPS) is 24.2. The lowest BCUT2D eigenvalue weighted by atomic mass is 10.2. The Morgan fingerprint density at radius 2 is 1.61 bits per heavy atom. The summed E-state index contributed by atoms with van der Waals surface area (Å²) in [5, 5.41) is 19.8. The zero-order valence-electron chi connectivity index (χ0n) is 14.5. The Morgan fingerprint density at radius 1 is 0.957 bits per heavy atom. The Hall–Kier alpha value is 0.130. The van der Waals surface area contributed by atoms with Crippen LogP contribution in [0.3, 0.4) is 0 Å². The van der Waals surface area contributed by atoms with Crippen LogP contribution in [0.5, 0.6) is 0 Å². The van der Waals surface area contributed by atoms with Gasteiger partial charge < -0.3 is 10.2 Å². The van der Waals surface area contributed by atoms with Crippen LogP contribution in [0.4, 0.5) is 0 Å². The van der Waals surface area contributed by atoms with Gasteiger partial charge in [-0.05, 0) is 43.6 Å². The Balaban J connectivity index is 2.09. The van der Waals surface area contributed by atoms with E-state index >= 15 is 0 Å². The molecule has 1 aliphatic carbocycles. The summed E-state index contributed by atoms with van der Waals surface area (Å²) in [6, 6.07) is 0. The van der Waals surface area contributed by atoms with Crippen molar-refractivity contribution >= 4 is 29.5 Å². The number of rotatable bonds is 14. The van der Waals surface area contributed by atoms with Crippen molar-refractivity contribution in [2.24, 2.45) is 0 Å². The zero-order valence-corrected chi connectivity index (χ0v) is 16.2. The Labute approximate surface area is 150 Å². The third-order valence-electron chi connectivity index (χ3n) is 4.42. The Morgan fingerprint density at radius 3 is 2.30 bits per heavy atom. The minimum Gasteiger partial charge on any atom is -0.481 e. The summed E-state index contributed by atoms with van der Waals surface area (Å²) in [5.41, 5.74) is 0. The smallest absolute Gasteiger partial charge is 0.303 e. The van der Waals surface area contributed by atoms with Gasteiger partial charge in [-0.3, -0.25) is 4.79 Å². The fourth-order valence-corrected chi connectivity index (χ4v) is 6.19. The molecule has 1 rings (SSSR count). The number of aliphatic hydroxyl groups is 1. The van der Waals surface area contributed by atoms with E-state index in [0.717, 1.165) is 37.9 Å². The first-order valence-electron chi connectivity index (χ1n) is 9.28. The van der Waals surface area contributed by atoms with E-state index in [4.69, 9.17) is 5.11 Å². The van der Waals surface area contributed by atoms with E-state index in [0.29, 0.717) is 10.5 Å². The fraction of sp³-hybridized carbons (Fsp3) is 0.944. The molecule has 1 fully saturated rings. The van der Waals surface area contributed by atoms with Gasteiger partial charge in [0.25, 0.3) is 0 Å². The lowest BCUT2D eigenvalue weighted by Crippen LogP contribution is -2.24. The summed E-state index contributed by atoms with van der Waals surface area (Å²) in [7, 11) is 0. The maximum absolute atomic E-state index is 10.5. The summed E-state index contributed by atoms with van der Waals surface area (Å²) >= 11 is 3.98. The monoisotopic (exact) mass is 362 g/mol. The average molecular weight is 363 g/mol. The Kier molecular flexibility index (Phi) is 12.4. The van der Waals surface area contributed by atoms with Crippen LogP contribution in [0.2, 0.25) is 0 Å². The van der Waals surface area contributed by atoms with Crippen LogP contribution in [-0.2, 0) is 4.79 Å². The maximum atomic E-state index is 10.5. The van der Waals surface area contributed by atoms with E-state index in [1.807, 2.05) is 11.8 Å². The molecule has 1 aliphatic rings. The molecule has 23 heavy (non-hydrogen) atoms. The number of aliphatic hydroxyl groups excluding tert-OH is 1. The highest BCUT2D eigenvalue weighted by Crippen LogP contribution is 2.38. The number of carboxylic acids is 1. The molecule has 0 heterocycles. The molecular formula is C18H34O3S2.